The van der Waals surface area contributed by atoms with Crippen LogP contribution in [0.4, 0.5) is 0 Å². The summed E-state index contributed by atoms with van der Waals surface area (Å²) in [5.74, 6) is 0.0345. The first kappa shape index (κ1) is 23.4. The van der Waals surface area contributed by atoms with Gasteiger partial charge in [0.2, 0.25) is 0 Å². The molecule has 35 heavy (non-hydrogen) atoms. The molecule has 7 heteroatoms. The average molecular weight is 504 g/mol. The molecule has 0 N–H and O–H groups in total. The zero-order chi connectivity index (χ0) is 24.5. The largest absolute Gasteiger partial charge is 0.335 e. The summed E-state index contributed by atoms with van der Waals surface area (Å²) >= 11 is 7.59. The number of aromatic nitrogens is 1. The molecule has 2 aromatic heterocycles. The standard InChI is InChI=1S/C28H26ClN3O2S/c1-19-6-3-4-7-24(19)32-20(2)23(18-25(32)21-9-11-22(29)12-10-21)27(33)30-13-15-31(16-14-30)28(34)26-8-5-17-35-26/h3-12,17-18H,13-16H2,1-2H3. The average Bonchev–Trinajstić information content (AvgIpc) is 3.53. The van der Waals surface area contributed by atoms with Crippen molar-refractivity contribution in [2.45, 2.75) is 13.8 Å². The number of halogens is 1. The highest BCUT2D eigenvalue weighted by molar-refractivity contribution is 7.12. The van der Waals surface area contributed by atoms with Gasteiger partial charge in [0.1, 0.15) is 0 Å². The quantitative estimate of drug-likeness (QED) is 0.339. The molecule has 0 saturated carbocycles. The van der Waals surface area contributed by atoms with Crippen molar-refractivity contribution < 1.29 is 9.59 Å². The molecular formula is C28H26ClN3O2S. The molecule has 2 amide bonds. The lowest BCUT2D eigenvalue weighted by Crippen LogP contribution is -2.50. The molecule has 178 valence electrons. The zero-order valence-corrected chi connectivity index (χ0v) is 21.3. The van der Waals surface area contributed by atoms with Crippen LogP contribution in [0.3, 0.4) is 0 Å². The lowest BCUT2D eigenvalue weighted by Gasteiger charge is -2.34. The Morgan fingerprint density at radius 1 is 0.829 bits per heavy atom. The van der Waals surface area contributed by atoms with Crippen LogP contribution in [0.1, 0.15) is 31.3 Å². The number of piperazine rings is 1. The molecule has 1 fully saturated rings. The van der Waals surface area contributed by atoms with Gasteiger partial charge in [-0.1, -0.05) is 48.0 Å². The Bertz CT molecular complexity index is 1370. The molecule has 1 aliphatic rings. The molecule has 4 aromatic rings. The predicted octanol–water partition coefficient (Wildman–Crippen LogP) is 6.07. The van der Waals surface area contributed by atoms with Crippen LogP contribution in [-0.4, -0.2) is 52.4 Å². The third kappa shape index (κ3) is 4.51. The Morgan fingerprint density at radius 3 is 2.11 bits per heavy atom. The number of carbonyl (C=O) groups excluding carboxylic acids is 2. The molecule has 0 radical (unpaired) electrons. The first-order valence-electron chi connectivity index (χ1n) is 11.6. The fourth-order valence-electron chi connectivity index (χ4n) is 4.62. The van der Waals surface area contributed by atoms with E-state index < -0.39 is 0 Å². The van der Waals surface area contributed by atoms with Gasteiger partial charge < -0.3 is 14.4 Å². The number of para-hydroxylation sites is 1. The van der Waals surface area contributed by atoms with E-state index in [1.807, 2.05) is 76.7 Å². The highest BCUT2D eigenvalue weighted by Gasteiger charge is 2.29. The molecule has 1 aliphatic heterocycles. The molecule has 0 unspecified atom stereocenters. The molecule has 0 bridgehead atoms. The third-order valence-electron chi connectivity index (χ3n) is 6.56. The normalized spacial score (nSPS) is 13.8. The molecule has 2 aromatic carbocycles. The second-order valence-corrected chi connectivity index (χ2v) is 10.1. The molecule has 0 atom stereocenters. The molecule has 5 nitrogen and oxygen atoms in total. The SMILES string of the molecule is Cc1ccccc1-n1c(-c2ccc(Cl)cc2)cc(C(=O)N2CCN(C(=O)c3cccs3)CC2)c1C. The van der Waals surface area contributed by atoms with Crippen molar-refractivity contribution >= 4 is 34.8 Å². The summed E-state index contributed by atoms with van der Waals surface area (Å²) in [6.07, 6.45) is 0. The smallest absolute Gasteiger partial charge is 0.264 e. The number of carbonyl (C=O) groups is 2. The summed E-state index contributed by atoms with van der Waals surface area (Å²) in [6.45, 7) is 6.16. The van der Waals surface area contributed by atoms with Crippen molar-refractivity contribution in [2.75, 3.05) is 26.2 Å². The summed E-state index contributed by atoms with van der Waals surface area (Å²) in [6, 6.07) is 21.6. The minimum absolute atomic E-state index is 0.00623. The van der Waals surface area contributed by atoms with Crippen LogP contribution in [0, 0.1) is 13.8 Å². The first-order chi connectivity index (χ1) is 16.9. The van der Waals surface area contributed by atoms with Gasteiger partial charge in [-0.15, -0.1) is 11.3 Å². The Hall–Kier alpha value is -3.35. The van der Waals surface area contributed by atoms with Gasteiger partial charge >= 0.3 is 0 Å². The Morgan fingerprint density at radius 2 is 1.49 bits per heavy atom. The van der Waals surface area contributed by atoms with Gasteiger partial charge in [-0.3, -0.25) is 9.59 Å². The van der Waals surface area contributed by atoms with Gasteiger partial charge in [0.05, 0.1) is 16.1 Å². The van der Waals surface area contributed by atoms with Crippen LogP contribution < -0.4 is 0 Å². The number of aryl methyl sites for hydroxylation is 1. The topological polar surface area (TPSA) is 45.6 Å². The Labute approximate surface area is 214 Å². The third-order valence-corrected chi connectivity index (χ3v) is 7.67. The van der Waals surface area contributed by atoms with E-state index in [1.54, 1.807) is 0 Å². The number of thiophene rings is 1. The van der Waals surface area contributed by atoms with Crippen LogP contribution in [0.2, 0.25) is 5.02 Å². The first-order valence-corrected chi connectivity index (χ1v) is 12.9. The van der Waals surface area contributed by atoms with Gasteiger partial charge in [0.25, 0.3) is 11.8 Å². The van der Waals surface area contributed by atoms with Crippen molar-refractivity contribution in [2.24, 2.45) is 0 Å². The van der Waals surface area contributed by atoms with Crippen LogP contribution in [0.15, 0.2) is 72.1 Å². The molecule has 5 rings (SSSR count). The van der Waals surface area contributed by atoms with Gasteiger partial charge in [-0.2, -0.15) is 0 Å². The Balaban J connectivity index is 1.46. The summed E-state index contributed by atoms with van der Waals surface area (Å²) in [5.41, 5.74) is 5.68. The van der Waals surface area contributed by atoms with E-state index >= 15 is 0 Å². The van der Waals surface area contributed by atoms with Crippen molar-refractivity contribution in [3.63, 3.8) is 0 Å². The summed E-state index contributed by atoms with van der Waals surface area (Å²) in [4.78, 5) is 30.8. The van der Waals surface area contributed by atoms with E-state index in [0.717, 1.165) is 33.1 Å². The van der Waals surface area contributed by atoms with E-state index in [1.165, 1.54) is 11.3 Å². The van der Waals surface area contributed by atoms with Crippen molar-refractivity contribution in [1.29, 1.82) is 0 Å². The van der Waals surface area contributed by atoms with Crippen molar-refractivity contribution in [3.05, 3.63) is 98.8 Å². The second kappa shape index (κ2) is 9.72. The minimum Gasteiger partial charge on any atom is -0.335 e. The van der Waals surface area contributed by atoms with Gasteiger partial charge in [-0.25, -0.2) is 0 Å². The highest BCUT2D eigenvalue weighted by atomic mass is 35.5. The van der Waals surface area contributed by atoms with Gasteiger partial charge in [0, 0.05) is 42.6 Å². The van der Waals surface area contributed by atoms with Crippen LogP contribution in [0.5, 0.6) is 0 Å². The van der Waals surface area contributed by atoms with E-state index in [9.17, 15) is 9.59 Å². The summed E-state index contributed by atoms with van der Waals surface area (Å²) in [7, 11) is 0. The van der Waals surface area contributed by atoms with Crippen LogP contribution in [0.25, 0.3) is 16.9 Å². The maximum atomic E-state index is 13.7. The molecule has 0 spiro atoms. The fourth-order valence-corrected chi connectivity index (χ4v) is 5.44. The molecular weight excluding hydrogens is 478 g/mol. The van der Waals surface area contributed by atoms with E-state index in [4.69, 9.17) is 11.6 Å². The summed E-state index contributed by atoms with van der Waals surface area (Å²) < 4.78 is 2.16. The number of nitrogens with zero attached hydrogens (tertiary/aromatic N) is 3. The lowest BCUT2D eigenvalue weighted by atomic mass is 10.1. The zero-order valence-electron chi connectivity index (χ0n) is 19.7. The molecule has 3 heterocycles. The number of hydrogen-bond acceptors (Lipinski definition) is 3. The number of benzene rings is 2. The maximum Gasteiger partial charge on any atom is 0.264 e. The Kier molecular flexibility index (Phi) is 6.50. The monoisotopic (exact) mass is 503 g/mol. The number of rotatable bonds is 4. The molecule has 0 aliphatic carbocycles. The van der Waals surface area contributed by atoms with Crippen molar-refractivity contribution in [1.82, 2.24) is 14.4 Å². The van der Waals surface area contributed by atoms with Crippen LogP contribution in [-0.2, 0) is 0 Å². The molecule has 1 saturated heterocycles. The van der Waals surface area contributed by atoms with Gasteiger partial charge in [0.15, 0.2) is 0 Å². The fraction of sp³-hybridized carbons (Fsp3) is 0.214. The lowest BCUT2D eigenvalue weighted by molar-refractivity contribution is 0.0537. The summed E-state index contributed by atoms with van der Waals surface area (Å²) in [5, 5.41) is 2.58. The number of hydrogen-bond donors (Lipinski definition) is 0. The highest BCUT2D eigenvalue weighted by Crippen LogP contribution is 2.32. The van der Waals surface area contributed by atoms with Crippen molar-refractivity contribution in [3.8, 4) is 16.9 Å². The van der Waals surface area contributed by atoms with Crippen LogP contribution >= 0.6 is 22.9 Å². The van der Waals surface area contributed by atoms with E-state index in [2.05, 4.69) is 23.6 Å². The van der Waals surface area contributed by atoms with Gasteiger partial charge in [-0.05, 0) is 60.7 Å². The van der Waals surface area contributed by atoms with E-state index in [0.29, 0.717) is 36.8 Å². The van der Waals surface area contributed by atoms with E-state index in [-0.39, 0.29) is 11.8 Å². The number of amides is 2. The second-order valence-electron chi connectivity index (χ2n) is 8.72. The maximum absolute atomic E-state index is 13.7. The predicted molar refractivity (Wildman–Crippen MR) is 142 cm³/mol. The minimum atomic E-state index is -0.00623.